The van der Waals surface area contributed by atoms with Crippen LogP contribution in [0, 0.1) is 5.41 Å². The highest BCUT2D eigenvalue weighted by atomic mass is 15.3. The molecule has 0 aliphatic rings. The zero-order valence-corrected chi connectivity index (χ0v) is 11.5. The van der Waals surface area contributed by atoms with E-state index in [1.165, 1.54) is 6.21 Å². The maximum Gasteiger partial charge on any atom is 0.150 e. The standard InChI is InChI=1S/C15H16N6/c1-12(6-5-9-16)11-21-15(17)14(10-18-21)20-19-13-7-3-2-4-8-13/h2-10,16H,1,11,17H2/b6-5-,16-9?,20-19?. The molecular weight excluding hydrogens is 264 g/mol. The molecule has 0 unspecified atom stereocenters. The van der Waals surface area contributed by atoms with E-state index >= 15 is 0 Å². The summed E-state index contributed by atoms with van der Waals surface area (Å²) in [4.78, 5) is 0. The highest BCUT2D eigenvalue weighted by molar-refractivity contribution is 5.68. The second-order valence-corrected chi connectivity index (χ2v) is 4.29. The molecule has 0 aliphatic carbocycles. The van der Waals surface area contributed by atoms with Gasteiger partial charge in [-0.25, -0.2) is 4.68 Å². The lowest BCUT2D eigenvalue weighted by Crippen LogP contribution is -2.05. The summed E-state index contributed by atoms with van der Waals surface area (Å²) in [5.41, 5.74) is 8.04. The van der Waals surface area contributed by atoms with E-state index in [2.05, 4.69) is 21.9 Å². The van der Waals surface area contributed by atoms with Crippen molar-refractivity contribution in [1.29, 1.82) is 5.41 Å². The second-order valence-electron chi connectivity index (χ2n) is 4.29. The van der Waals surface area contributed by atoms with Crippen LogP contribution in [0.15, 0.2) is 71.1 Å². The van der Waals surface area contributed by atoms with Crippen LogP contribution >= 0.6 is 0 Å². The van der Waals surface area contributed by atoms with E-state index in [0.717, 1.165) is 11.3 Å². The fraction of sp³-hybridized carbons (Fsp3) is 0.0667. The molecule has 0 bridgehead atoms. The van der Waals surface area contributed by atoms with E-state index in [9.17, 15) is 0 Å². The number of aromatic nitrogens is 2. The van der Waals surface area contributed by atoms with Gasteiger partial charge < -0.3 is 11.1 Å². The fourth-order valence-electron chi connectivity index (χ4n) is 1.62. The van der Waals surface area contributed by atoms with E-state index in [1.807, 2.05) is 30.3 Å². The maximum absolute atomic E-state index is 6.93. The molecule has 1 heterocycles. The Morgan fingerprint density at radius 3 is 2.81 bits per heavy atom. The fourth-order valence-corrected chi connectivity index (χ4v) is 1.62. The highest BCUT2D eigenvalue weighted by Crippen LogP contribution is 2.24. The van der Waals surface area contributed by atoms with Crippen LogP contribution in [0.2, 0.25) is 0 Å². The normalized spacial score (nSPS) is 11.2. The summed E-state index contributed by atoms with van der Waals surface area (Å²) in [6, 6.07) is 9.41. The van der Waals surface area contributed by atoms with Gasteiger partial charge in [-0.3, -0.25) is 0 Å². The molecule has 0 fully saturated rings. The van der Waals surface area contributed by atoms with Gasteiger partial charge in [0.05, 0.1) is 18.4 Å². The topological polar surface area (TPSA) is 92.4 Å². The SMILES string of the molecule is C=C(/C=C\C=N)Cn1ncc(N=Nc2ccccc2)c1N. The van der Waals surface area contributed by atoms with Gasteiger partial charge in [0, 0.05) is 6.21 Å². The van der Waals surface area contributed by atoms with Crippen LogP contribution in [0.5, 0.6) is 0 Å². The summed E-state index contributed by atoms with van der Waals surface area (Å²) >= 11 is 0. The molecule has 6 heteroatoms. The number of nitrogens with one attached hydrogen (secondary N) is 1. The number of azo groups is 1. The third kappa shape index (κ3) is 3.97. The Bertz CT molecular complexity index is 681. The summed E-state index contributed by atoms with van der Waals surface area (Å²) in [7, 11) is 0. The Hall–Kier alpha value is -3.02. The van der Waals surface area contributed by atoms with Crippen molar-refractivity contribution in [3.63, 3.8) is 0 Å². The van der Waals surface area contributed by atoms with Gasteiger partial charge in [0.1, 0.15) is 11.5 Å². The molecule has 0 aliphatic heterocycles. The van der Waals surface area contributed by atoms with Crippen LogP contribution in [0.4, 0.5) is 17.2 Å². The Morgan fingerprint density at radius 2 is 2.10 bits per heavy atom. The summed E-state index contributed by atoms with van der Waals surface area (Å²) in [6.45, 7) is 4.31. The second kappa shape index (κ2) is 6.95. The number of nitrogens with two attached hydrogens (primary N) is 1. The summed E-state index contributed by atoms with van der Waals surface area (Å²) in [6.07, 6.45) is 6.09. The zero-order valence-electron chi connectivity index (χ0n) is 11.5. The van der Waals surface area contributed by atoms with Gasteiger partial charge in [-0.1, -0.05) is 30.9 Å². The first-order valence-electron chi connectivity index (χ1n) is 6.33. The van der Waals surface area contributed by atoms with E-state index in [0.29, 0.717) is 18.1 Å². The molecule has 106 valence electrons. The number of anilines is 1. The molecule has 0 saturated carbocycles. The molecule has 3 N–H and O–H groups in total. The van der Waals surface area contributed by atoms with E-state index in [4.69, 9.17) is 11.1 Å². The van der Waals surface area contributed by atoms with Gasteiger partial charge in [-0.2, -0.15) is 10.2 Å². The zero-order chi connectivity index (χ0) is 15.1. The first-order valence-corrected chi connectivity index (χ1v) is 6.33. The highest BCUT2D eigenvalue weighted by Gasteiger charge is 2.06. The van der Waals surface area contributed by atoms with Crippen molar-refractivity contribution < 1.29 is 0 Å². The molecule has 0 spiro atoms. The molecule has 6 nitrogen and oxygen atoms in total. The predicted molar refractivity (Wildman–Crippen MR) is 84.3 cm³/mol. The number of hydrogen-bond donors (Lipinski definition) is 2. The van der Waals surface area contributed by atoms with Crippen LogP contribution in [0.1, 0.15) is 0 Å². The molecule has 1 aromatic heterocycles. The van der Waals surface area contributed by atoms with Crippen LogP contribution in [0.3, 0.4) is 0 Å². The third-order valence-electron chi connectivity index (χ3n) is 2.67. The number of nitrogens with zero attached hydrogens (tertiary/aromatic N) is 4. The van der Waals surface area contributed by atoms with Crippen molar-refractivity contribution in [2.75, 3.05) is 5.73 Å². The van der Waals surface area contributed by atoms with Crippen molar-refractivity contribution in [3.8, 4) is 0 Å². The molecule has 0 amide bonds. The quantitative estimate of drug-likeness (QED) is 0.480. The Labute approximate surface area is 122 Å². The van der Waals surface area contributed by atoms with Gasteiger partial charge in [0.2, 0.25) is 0 Å². The molecule has 0 atom stereocenters. The monoisotopic (exact) mass is 280 g/mol. The van der Waals surface area contributed by atoms with Crippen molar-refractivity contribution in [2.45, 2.75) is 6.54 Å². The lowest BCUT2D eigenvalue weighted by molar-refractivity contribution is 0.698. The summed E-state index contributed by atoms with van der Waals surface area (Å²) < 4.78 is 1.59. The van der Waals surface area contributed by atoms with E-state index in [1.54, 1.807) is 23.0 Å². The molecular formula is C15H16N6. The Morgan fingerprint density at radius 1 is 1.33 bits per heavy atom. The first kappa shape index (κ1) is 14.4. The number of allylic oxidation sites excluding steroid dienone is 3. The minimum atomic E-state index is 0.430. The van der Waals surface area contributed by atoms with Crippen LogP contribution < -0.4 is 5.73 Å². The molecule has 2 rings (SSSR count). The van der Waals surface area contributed by atoms with E-state index in [-0.39, 0.29) is 0 Å². The van der Waals surface area contributed by atoms with E-state index < -0.39 is 0 Å². The Balaban J connectivity index is 2.10. The average Bonchev–Trinajstić information content (AvgIpc) is 2.85. The van der Waals surface area contributed by atoms with Gasteiger partial charge in [-0.05, 0) is 23.8 Å². The number of hydrogen-bond acceptors (Lipinski definition) is 5. The van der Waals surface area contributed by atoms with Gasteiger partial charge in [-0.15, -0.1) is 5.11 Å². The average molecular weight is 280 g/mol. The number of rotatable bonds is 6. The van der Waals surface area contributed by atoms with Crippen molar-refractivity contribution in [3.05, 3.63) is 60.8 Å². The van der Waals surface area contributed by atoms with Crippen LogP contribution in [0.25, 0.3) is 0 Å². The third-order valence-corrected chi connectivity index (χ3v) is 2.67. The summed E-state index contributed by atoms with van der Waals surface area (Å²) in [5, 5.41) is 19.3. The minimum Gasteiger partial charge on any atom is -0.382 e. The van der Waals surface area contributed by atoms with Gasteiger partial charge >= 0.3 is 0 Å². The van der Waals surface area contributed by atoms with Gasteiger partial charge in [0.25, 0.3) is 0 Å². The van der Waals surface area contributed by atoms with Crippen LogP contribution in [-0.4, -0.2) is 16.0 Å². The summed E-state index contributed by atoms with van der Waals surface area (Å²) in [5.74, 6) is 0.430. The molecule has 0 saturated heterocycles. The largest absolute Gasteiger partial charge is 0.382 e. The smallest absolute Gasteiger partial charge is 0.150 e. The number of benzene rings is 1. The van der Waals surface area contributed by atoms with Crippen LogP contribution in [-0.2, 0) is 6.54 Å². The molecule has 0 radical (unpaired) electrons. The lowest BCUT2D eigenvalue weighted by atomic mass is 10.3. The Kier molecular flexibility index (Phi) is 4.76. The molecule has 21 heavy (non-hydrogen) atoms. The maximum atomic E-state index is 6.93. The molecule has 1 aromatic carbocycles. The van der Waals surface area contributed by atoms with Crippen molar-refractivity contribution >= 4 is 23.4 Å². The molecule has 2 aromatic rings. The van der Waals surface area contributed by atoms with Crippen molar-refractivity contribution in [2.24, 2.45) is 10.2 Å². The first-order chi connectivity index (χ1) is 10.2. The number of nitrogen functional groups attached to an aromatic ring is 1. The van der Waals surface area contributed by atoms with Crippen molar-refractivity contribution in [1.82, 2.24) is 9.78 Å². The minimum absolute atomic E-state index is 0.430. The van der Waals surface area contributed by atoms with Gasteiger partial charge in [0.15, 0.2) is 0 Å². The predicted octanol–water partition coefficient (Wildman–Crippen LogP) is 3.64. The lowest BCUT2D eigenvalue weighted by Gasteiger charge is -2.03.